The van der Waals surface area contributed by atoms with Crippen molar-refractivity contribution in [2.75, 3.05) is 6.54 Å². The number of hydrogen-bond donors (Lipinski definition) is 1. The molecule has 0 bridgehead atoms. The molecular formula is C16H13F4N. The van der Waals surface area contributed by atoms with Crippen molar-refractivity contribution in [2.45, 2.75) is 18.4 Å². The highest BCUT2D eigenvalue weighted by Gasteiger charge is 2.41. The van der Waals surface area contributed by atoms with Gasteiger partial charge in [0.15, 0.2) is 0 Å². The molecule has 2 aromatic carbocycles. The Balaban J connectivity index is 1.92. The minimum Gasteiger partial charge on any atom is -0.300 e. The van der Waals surface area contributed by atoms with Crippen LogP contribution in [0.1, 0.15) is 17.2 Å². The second-order valence-corrected chi connectivity index (χ2v) is 5.05. The first-order chi connectivity index (χ1) is 10.0. The fraction of sp³-hybridized carbons (Fsp3) is 0.250. The molecule has 0 radical (unpaired) electrons. The summed E-state index contributed by atoms with van der Waals surface area (Å²) < 4.78 is 50.9. The molecule has 0 spiro atoms. The molecule has 21 heavy (non-hydrogen) atoms. The third kappa shape index (κ3) is 2.42. The third-order valence-electron chi connectivity index (χ3n) is 3.69. The Kier molecular flexibility index (Phi) is 3.45. The van der Waals surface area contributed by atoms with Gasteiger partial charge in [0.25, 0.3) is 0 Å². The molecule has 5 heteroatoms. The maximum atomic E-state index is 13.1. The topological polar surface area (TPSA) is 12.0 Å². The van der Waals surface area contributed by atoms with Crippen LogP contribution < -0.4 is 5.32 Å². The molecule has 1 nitrogen and oxygen atoms in total. The van der Waals surface area contributed by atoms with E-state index in [0.29, 0.717) is 0 Å². The molecule has 0 fully saturated rings. The van der Waals surface area contributed by atoms with Crippen molar-refractivity contribution in [3.8, 4) is 11.1 Å². The zero-order chi connectivity index (χ0) is 15.0. The minimum absolute atomic E-state index is 0.484. The SMILES string of the molecule is FC(F)C(F)(F)CNC1c2ccccc2-c2ccccc21. The normalized spacial score (nSPS) is 14.3. The van der Waals surface area contributed by atoms with Gasteiger partial charge in [-0.3, -0.25) is 0 Å². The quantitative estimate of drug-likeness (QED) is 0.832. The average Bonchev–Trinajstić information content (AvgIpc) is 2.79. The van der Waals surface area contributed by atoms with E-state index in [4.69, 9.17) is 0 Å². The van der Waals surface area contributed by atoms with Crippen LogP contribution in [0.25, 0.3) is 11.1 Å². The summed E-state index contributed by atoms with van der Waals surface area (Å²) in [6, 6.07) is 14.3. The highest BCUT2D eigenvalue weighted by molar-refractivity contribution is 5.78. The van der Waals surface area contributed by atoms with Gasteiger partial charge in [-0.1, -0.05) is 48.5 Å². The lowest BCUT2D eigenvalue weighted by Crippen LogP contribution is -2.40. The van der Waals surface area contributed by atoms with Crippen molar-refractivity contribution in [3.05, 3.63) is 59.7 Å². The Bertz CT molecular complexity index is 609. The molecule has 0 amide bonds. The molecule has 0 aliphatic heterocycles. The van der Waals surface area contributed by atoms with E-state index in [9.17, 15) is 17.6 Å². The van der Waals surface area contributed by atoms with Crippen molar-refractivity contribution < 1.29 is 17.6 Å². The molecule has 0 saturated carbocycles. The number of halogens is 4. The van der Waals surface area contributed by atoms with Crippen LogP contribution in [0.5, 0.6) is 0 Å². The van der Waals surface area contributed by atoms with E-state index in [1.807, 2.05) is 48.5 Å². The number of rotatable bonds is 4. The third-order valence-corrected chi connectivity index (χ3v) is 3.69. The van der Waals surface area contributed by atoms with Crippen LogP contribution in [0.15, 0.2) is 48.5 Å². The highest BCUT2D eigenvalue weighted by atomic mass is 19.3. The van der Waals surface area contributed by atoms with Gasteiger partial charge in [0.05, 0.1) is 12.6 Å². The Morgan fingerprint density at radius 1 is 0.905 bits per heavy atom. The summed E-state index contributed by atoms with van der Waals surface area (Å²) in [5.41, 5.74) is 3.57. The molecule has 0 saturated heterocycles. The number of alkyl halides is 4. The van der Waals surface area contributed by atoms with E-state index in [2.05, 4.69) is 5.32 Å². The molecule has 0 heterocycles. The van der Waals surface area contributed by atoms with E-state index < -0.39 is 24.9 Å². The van der Waals surface area contributed by atoms with E-state index in [0.717, 1.165) is 22.3 Å². The fourth-order valence-corrected chi connectivity index (χ4v) is 2.69. The molecule has 3 rings (SSSR count). The highest BCUT2D eigenvalue weighted by Crippen LogP contribution is 2.43. The van der Waals surface area contributed by atoms with Crippen LogP contribution in [0, 0.1) is 0 Å². The first-order valence-corrected chi connectivity index (χ1v) is 6.58. The minimum atomic E-state index is -4.04. The van der Waals surface area contributed by atoms with Crippen LogP contribution in [-0.4, -0.2) is 18.9 Å². The predicted molar refractivity (Wildman–Crippen MR) is 72.7 cm³/mol. The van der Waals surface area contributed by atoms with E-state index in [1.165, 1.54) is 0 Å². The predicted octanol–water partition coefficient (Wildman–Crippen LogP) is 4.25. The maximum absolute atomic E-state index is 13.1. The number of hydrogen-bond acceptors (Lipinski definition) is 1. The van der Waals surface area contributed by atoms with E-state index >= 15 is 0 Å². The Labute approximate surface area is 119 Å². The molecule has 0 atom stereocenters. The average molecular weight is 295 g/mol. The number of nitrogens with one attached hydrogen (secondary N) is 1. The molecule has 0 aromatic heterocycles. The molecule has 0 unspecified atom stereocenters. The van der Waals surface area contributed by atoms with Crippen molar-refractivity contribution in [3.63, 3.8) is 0 Å². The summed E-state index contributed by atoms with van der Waals surface area (Å²) in [5, 5.41) is 2.59. The van der Waals surface area contributed by atoms with Crippen molar-refractivity contribution >= 4 is 0 Å². The molecule has 110 valence electrons. The molecule has 1 aliphatic carbocycles. The summed E-state index contributed by atoms with van der Waals surface area (Å²) in [4.78, 5) is 0. The molecule has 1 aliphatic rings. The Hall–Kier alpha value is -1.88. The summed E-state index contributed by atoms with van der Waals surface area (Å²) in [5.74, 6) is -4.04. The summed E-state index contributed by atoms with van der Waals surface area (Å²) in [7, 11) is 0. The molecular weight excluding hydrogens is 282 g/mol. The van der Waals surface area contributed by atoms with Crippen LogP contribution in [0.4, 0.5) is 17.6 Å². The van der Waals surface area contributed by atoms with Gasteiger partial charge in [0.1, 0.15) is 0 Å². The molecule has 2 aromatic rings. The Morgan fingerprint density at radius 3 is 1.86 bits per heavy atom. The molecule has 1 N–H and O–H groups in total. The maximum Gasteiger partial charge on any atom is 0.319 e. The van der Waals surface area contributed by atoms with Crippen molar-refractivity contribution in [1.82, 2.24) is 5.32 Å². The van der Waals surface area contributed by atoms with Crippen molar-refractivity contribution in [2.24, 2.45) is 0 Å². The van der Waals surface area contributed by atoms with Gasteiger partial charge in [-0.15, -0.1) is 0 Å². The number of benzene rings is 2. The summed E-state index contributed by atoms with van der Waals surface area (Å²) in [6.07, 6.45) is -3.67. The van der Waals surface area contributed by atoms with E-state index in [1.54, 1.807) is 0 Å². The van der Waals surface area contributed by atoms with Crippen LogP contribution in [0.3, 0.4) is 0 Å². The lowest BCUT2D eigenvalue weighted by atomic mass is 10.1. The van der Waals surface area contributed by atoms with Gasteiger partial charge in [0.2, 0.25) is 0 Å². The lowest BCUT2D eigenvalue weighted by molar-refractivity contribution is -0.125. The van der Waals surface area contributed by atoms with Crippen molar-refractivity contribution in [1.29, 1.82) is 0 Å². The fourth-order valence-electron chi connectivity index (χ4n) is 2.69. The van der Waals surface area contributed by atoms with Gasteiger partial charge in [-0.2, -0.15) is 8.78 Å². The standard InChI is InChI=1S/C16H13F4N/c17-15(18)16(19,20)9-21-14-12-7-3-1-5-10(12)11-6-2-4-8-13(11)14/h1-8,14-15,21H,9H2. The van der Waals surface area contributed by atoms with Crippen LogP contribution in [-0.2, 0) is 0 Å². The summed E-state index contributed by atoms with van der Waals surface area (Å²) >= 11 is 0. The summed E-state index contributed by atoms with van der Waals surface area (Å²) in [6.45, 7) is -1.06. The lowest BCUT2D eigenvalue weighted by Gasteiger charge is -2.21. The van der Waals surface area contributed by atoms with Crippen LogP contribution >= 0.6 is 0 Å². The monoisotopic (exact) mass is 295 g/mol. The van der Waals surface area contributed by atoms with Gasteiger partial charge < -0.3 is 5.32 Å². The first kappa shape index (κ1) is 14.1. The second-order valence-electron chi connectivity index (χ2n) is 5.05. The van der Waals surface area contributed by atoms with Crippen LogP contribution in [0.2, 0.25) is 0 Å². The smallest absolute Gasteiger partial charge is 0.300 e. The van der Waals surface area contributed by atoms with E-state index in [-0.39, 0.29) is 0 Å². The Morgan fingerprint density at radius 2 is 1.38 bits per heavy atom. The second kappa shape index (κ2) is 5.15. The number of fused-ring (bicyclic) bond motifs is 3. The van der Waals surface area contributed by atoms with Gasteiger partial charge in [-0.05, 0) is 22.3 Å². The van der Waals surface area contributed by atoms with Gasteiger partial charge >= 0.3 is 12.3 Å². The largest absolute Gasteiger partial charge is 0.319 e. The first-order valence-electron chi connectivity index (χ1n) is 6.58. The van der Waals surface area contributed by atoms with Gasteiger partial charge in [0, 0.05) is 0 Å². The van der Waals surface area contributed by atoms with Gasteiger partial charge in [-0.25, -0.2) is 8.78 Å². The zero-order valence-corrected chi connectivity index (χ0v) is 11.0. The zero-order valence-electron chi connectivity index (χ0n) is 11.0.